The highest BCUT2D eigenvalue weighted by Crippen LogP contribution is 2.27. The number of thiophene rings is 1. The van der Waals surface area contributed by atoms with E-state index >= 15 is 0 Å². The molecule has 0 amide bonds. The van der Waals surface area contributed by atoms with E-state index in [0.29, 0.717) is 17.7 Å². The number of ketones is 1. The fraction of sp³-hybridized carbons (Fsp3) is 0.0625. The Morgan fingerprint density at radius 1 is 1.20 bits per heavy atom. The van der Waals surface area contributed by atoms with Crippen molar-refractivity contribution in [2.24, 2.45) is 0 Å². The van der Waals surface area contributed by atoms with Crippen LogP contribution in [0.25, 0.3) is 10.1 Å². The first-order chi connectivity index (χ1) is 9.63. The Kier molecular flexibility index (Phi) is 3.59. The fourth-order valence-corrected chi connectivity index (χ4v) is 3.69. The van der Waals surface area contributed by atoms with E-state index in [1.807, 2.05) is 18.2 Å². The second kappa shape index (κ2) is 5.38. The number of fused-ring (bicyclic) bond motifs is 1. The molecule has 1 aromatic heterocycles. The second-order valence-electron chi connectivity index (χ2n) is 4.63. The van der Waals surface area contributed by atoms with Gasteiger partial charge in [-0.1, -0.05) is 34.1 Å². The lowest BCUT2D eigenvalue weighted by Crippen LogP contribution is -2.04. The van der Waals surface area contributed by atoms with Crippen LogP contribution in [0.15, 0.2) is 52.3 Å². The van der Waals surface area contributed by atoms with E-state index in [-0.39, 0.29) is 5.78 Å². The Labute approximate surface area is 129 Å². The number of nitrogens with two attached hydrogens (primary N) is 1. The largest absolute Gasteiger partial charge is 0.399 e. The molecule has 0 saturated heterocycles. The third-order valence-electron chi connectivity index (χ3n) is 3.15. The predicted molar refractivity (Wildman–Crippen MR) is 88.4 cm³/mol. The van der Waals surface area contributed by atoms with Gasteiger partial charge < -0.3 is 5.73 Å². The average Bonchev–Trinajstić information content (AvgIpc) is 2.81. The van der Waals surface area contributed by atoms with Gasteiger partial charge in [0.1, 0.15) is 0 Å². The normalized spacial score (nSPS) is 10.8. The molecule has 4 heteroatoms. The van der Waals surface area contributed by atoms with E-state index in [1.54, 1.807) is 23.5 Å². The van der Waals surface area contributed by atoms with Crippen molar-refractivity contribution in [3.8, 4) is 0 Å². The molecule has 0 aliphatic heterocycles. The van der Waals surface area contributed by atoms with E-state index < -0.39 is 0 Å². The maximum absolute atomic E-state index is 12.4. The van der Waals surface area contributed by atoms with Gasteiger partial charge in [0.2, 0.25) is 0 Å². The molecule has 0 unspecified atom stereocenters. The Bertz CT molecular complexity index is 774. The minimum atomic E-state index is 0.0848. The number of nitrogen functional groups attached to an aromatic ring is 1. The van der Waals surface area contributed by atoms with Crippen molar-refractivity contribution in [3.05, 3.63) is 63.4 Å². The van der Waals surface area contributed by atoms with Crippen molar-refractivity contribution < 1.29 is 4.79 Å². The van der Waals surface area contributed by atoms with Crippen molar-refractivity contribution >= 4 is 48.8 Å². The lowest BCUT2D eigenvalue weighted by Gasteiger charge is -2.03. The molecule has 0 fully saturated rings. The molecule has 0 saturated carbocycles. The van der Waals surface area contributed by atoms with Gasteiger partial charge in [-0.25, -0.2) is 0 Å². The van der Waals surface area contributed by atoms with Gasteiger partial charge in [0.15, 0.2) is 5.78 Å². The van der Waals surface area contributed by atoms with Crippen LogP contribution in [0.3, 0.4) is 0 Å². The number of hydrogen-bond donors (Lipinski definition) is 1. The summed E-state index contributed by atoms with van der Waals surface area (Å²) in [6, 6.07) is 13.5. The zero-order valence-electron chi connectivity index (χ0n) is 10.6. The fourth-order valence-electron chi connectivity index (χ4n) is 2.22. The van der Waals surface area contributed by atoms with Crippen molar-refractivity contribution in [3.63, 3.8) is 0 Å². The number of hydrogen-bond acceptors (Lipinski definition) is 3. The summed E-state index contributed by atoms with van der Waals surface area (Å²) in [6.45, 7) is 0. The molecule has 0 aliphatic carbocycles. The summed E-state index contributed by atoms with van der Waals surface area (Å²) in [7, 11) is 0. The highest BCUT2D eigenvalue weighted by molar-refractivity contribution is 9.10. The Hall–Kier alpha value is -1.65. The van der Waals surface area contributed by atoms with Crippen molar-refractivity contribution in [2.75, 3.05) is 5.73 Å². The topological polar surface area (TPSA) is 43.1 Å². The van der Waals surface area contributed by atoms with E-state index in [1.165, 1.54) is 4.70 Å². The summed E-state index contributed by atoms with van der Waals surface area (Å²) in [6.07, 6.45) is 0.403. The van der Waals surface area contributed by atoms with Crippen LogP contribution in [-0.2, 0) is 6.42 Å². The summed E-state index contributed by atoms with van der Waals surface area (Å²) in [5.41, 5.74) is 8.10. The van der Waals surface area contributed by atoms with Crippen LogP contribution in [-0.4, -0.2) is 5.78 Å². The summed E-state index contributed by atoms with van der Waals surface area (Å²) in [5, 5.41) is 3.22. The minimum absolute atomic E-state index is 0.0848. The van der Waals surface area contributed by atoms with Crippen molar-refractivity contribution in [1.29, 1.82) is 0 Å². The van der Waals surface area contributed by atoms with Gasteiger partial charge in [0.25, 0.3) is 0 Å². The van der Waals surface area contributed by atoms with Crippen LogP contribution in [0.1, 0.15) is 15.9 Å². The zero-order chi connectivity index (χ0) is 14.1. The van der Waals surface area contributed by atoms with Crippen LogP contribution >= 0.6 is 27.3 Å². The Balaban J connectivity index is 1.92. The third-order valence-corrected chi connectivity index (χ3v) is 4.62. The van der Waals surface area contributed by atoms with E-state index in [2.05, 4.69) is 33.4 Å². The molecule has 3 aromatic rings. The molecule has 1 heterocycles. The second-order valence-corrected chi connectivity index (χ2v) is 6.46. The summed E-state index contributed by atoms with van der Waals surface area (Å²) < 4.78 is 2.04. The SMILES string of the molecule is Nc1cc(Br)cc(C(=O)Cc2csc3ccccc23)c1. The average molecular weight is 346 g/mol. The van der Waals surface area contributed by atoms with Crippen molar-refractivity contribution in [2.45, 2.75) is 6.42 Å². The molecule has 3 rings (SSSR count). The first kappa shape index (κ1) is 13.3. The van der Waals surface area contributed by atoms with Gasteiger partial charge in [-0.05, 0) is 40.6 Å². The maximum atomic E-state index is 12.4. The third kappa shape index (κ3) is 2.62. The lowest BCUT2D eigenvalue weighted by molar-refractivity contribution is 0.0993. The number of carbonyl (C=O) groups excluding carboxylic acids is 1. The van der Waals surface area contributed by atoms with Gasteiger partial charge in [-0.2, -0.15) is 0 Å². The predicted octanol–water partition coefficient (Wildman–Crippen LogP) is 4.67. The molecule has 20 heavy (non-hydrogen) atoms. The molecule has 0 atom stereocenters. The summed E-state index contributed by atoms with van der Waals surface area (Å²) >= 11 is 5.04. The van der Waals surface area contributed by atoms with Gasteiger partial charge in [0, 0.05) is 26.8 Å². The highest BCUT2D eigenvalue weighted by Gasteiger charge is 2.12. The van der Waals surface area contributed by atoms with E-state index in [9.17, 15) is 4.79 Å². The molecule has 0 spiro atoms. The summed E-state index contributed by atoms with van der Waals surface area (Å²) in [4.78, 5) is 12.4. The number of benzene rings is 2. The molecular formula is C16H12BrNOS. The molecule has 0 radical (unpaired) electrons. The molecular weight excluding hydrogens is 334 g/mol. The monoisotopic (exact) mass is 345 g/mol. The van der Waals surface area contributed by atoms with Crippen molar-refractivity contribution in [1.82, 2.24) is 0 Å². The van der Waals surface area contributed by atoms with Crippen LogP contribution in [0.5, 0.6) is 0 Å². The molecule has 0 bridgehead atoms. The van der Waals surface area contributed by atoms with Crippen LogP contribution in [0, 0.1) is 0 Å². The first-order valence-corrected chi connectivity index (χ1v) is 7.85. The number of carbonyl (C=O) groups is 1. The Morgan fingerprint density at radius 3 is 2.80 bits per heavy atom. The number of Topliss-reactive ketones (excluding diaryl/α,β-unsaturated/α-hetero) is 1. The minimum Gasteiger partial charge on any atom is -0.399 e. The summed E-state index contributed by atoms with van der Waals surface area (Å²) in [5.74, 6) is 0.0848. The molecule has 0 aliphatic rings. The van der Waals surface area contributed by atoms with Gasteiger partial charge in [-0.15, -0.1) is 11.3 Å². The van der Waals surface area contributed by atoms with Crippen LogP contribution in [0.4, 0.5) is 5.69 Å². The smallest absolute Gasteiger partial charge is 0.167 e. The quantitative estimate of drug-likeness (QED) is 0.553. The maximum Gasteiger partial charge on any atom is 0.167 e. The molecule has 2 N–H and O–H groups in total. The zero-order valence-corrected chi connectivity index (χ0v) is 13.0. The van der Waals surface area contributed by atoms with E-state index in [4.69, 9.17) is 5.73 Å². The van der Waals surface area contributed by atoms with Crippen LogP contribution < -0.4 is 5.73 Å². The standard InChI is InChI=1S/C16H12BrNOS/c17-12-5-10(6-13(18)8-12)15(19)7-11-9-20-16-4-2-1-3-14(11)16/h1-6,8-9H,7,18H2. The lowest BCUT2D eigenvalue weighted by atomic mass is 10.0. The van der Waals surface area contributed by atoms with E-state index in [0.717, 1.165) is 15.4 Å². The molecule has 2 aromatic carbocycles. The molecule has 100 valence electrons. The molecule has 2 nitrogen and oxygen atoms in total. The number of halogens is 1. The number of rotatable bonds is 3. The van der Waals surface area contributed by atoms with Crippen LogP contribution in [0.2, 0.25) is 0 Å². The Morgan fingerprint density at radius 2 is 2.00 bits per heavy atom. The first-order valence-electron chi connectivity index (χ1n) is 6.18. The van der Waals surface area contributed by atoms with Gasteiger partial charge in [-0.3, -0.25) is 4.79 Å². The van der Waals surface area contributed by atoms with Gasteiger partial charge >= 0.3 is 0 Å². The number of anilines is 1. The van der Waals surface area contributed by atoms with Gasteiger partial charge in [0.05, 0.1) is 0 Å². The highest BCUT2D eigenvalue weighted by atomic mass is 79.9.